The van der Waals surface area contributed by atoms with Crippen LogP contribution in [0.5, 0.6) is 0 Å². The van der Waals surface area contributed by atoms with Crippen molar-refractivity contribution in [3.63, 3.8) is 0 Å². The Balaban J connectivity index is 2.16. The number of rotatable bonds is 0. The van der Waals surface area contributed by atoms with E-state index in [1.54, 1.807) is 5.57 Å². The van der Waals surface area contributed by atoms with Gasteiger partial charge < -0.3 is 0 Å². The molecule has 0 N–H and O–H groups in total. The van der Waals surface area contributed by atoms with Crippen LogP contribution in [0, 0.1) is 28.6 Å². The zero-order valence-electron chi connectivity index (χ0n) is 10.6. The van der Waals surface area contributed by atoms with Crippen LogP contribution >= 0.6 is 0 Å². The van der Waals surface area contributed by atoms with Gasteiger partial charge in [-0.2, -0.15) is 0 Å². The lowest BCUT2D eigenvalue weighted by atomic mass is 9.46. The molecule has 0 amide bonds. The van der Waals surface area contributed by atoms with Crippen LogP contribution in [-0.2, 0) is 0 Å². The van der Waals surface area contributed by atoms with Crippen LogP contribution in [0.4, 0.5) is 0 Å². The van der Waals surface area contributed by atoms with Crippen molar-refractivity contribution >= 4 is 0 Å². The van der Waals surface area contributed by atoms with Crippen molar-refractivity contribution in [1.82, 2.24) is 0 Å². The van der Waals surface area contributed by atoms with Crippen molar-refractivity contribution in [2.75, 3.05) is 0 Å². The molecule has 4 aliphatic carbocycles. The maximum absolute atomic E-state index is 2.69. The molecule has 84 valence electrons. The van der Waals surface area contributed by atoms with E-state index in [1.807, 2.05) is 0 Å². The summed E-state index contributed by atoms with van der Waals surface area (Å²) in [6.07, 6.45) is 8.56. The first kappa shape index (κ1) is 9.93. The van der Waals surface area contributed by atoms with Gasteiger partial charge in [-0.1, -0.05) is 32.4 Å². The zero-order valence-corrected chi connectivity index (χ0v) is 10.6. The maximum Gasteiger partial charge on any atom is -0.00562 e. The number of hydrogen-bond donors (Lipinski definition) is 0. The average Bonchev–Trinajstić information content (AvgIpc) is 2.45. The highest BCUT2D eigenvalue weighted by Crippen LogP contribution is 2.68. The van der Waals surface area contributed by atoms with Crippen LogP contribution in [-0.4, -0.2) is 0 Å². The molecule has 0 aromatic carbocycles. The highest BCUT2D eigenvalue weighted by Gasteiger charge is 2.60. The SMILES string of the molecule is CC1=C[C@]23CC[C@@H]1C(C)(C)[C@@H]2CC[C@H]3C. The van der Waals surface area contributed by atoms with Gasteiger partial charge in [0.15, 0.2) is 0 Å². The van der Waals surface area contributed by atoms with Crippen molar-refractivity contribution in [2.45, 2.75) is 53.4 Å². The lowest BCUT2D eigenvalue weighted by Crippen LogP contribution is -2.50. The van der Waals surface area contributed by atoms with Gasteiger partial charge in [0, 0.05) is 0 Å². The molecule has 2 saturated carbocycles. The normalized spacial score (nSPS) is 51.5. The van der Waals surface area contributed by atoms with E-state index < -0.39 is 0 Å². The largest absolute Gasteiger partial charge is 0.0785 e. The molecule has 0 aromatic rings. The van der Waals surface area contributed by atoms with Gasteiger partial charge in [0.1, 0.15) is 0 Å². The van der Waals surface area contributed by atoms with Crippen LogP contribution in [0.3, 0.4) is 0 Å². The Kier molecular flexibility index (Phi) is 1.79. The minimum absolute atomic E-state index is 0.571. The van der Waals surface area contributed by atoms with Gasteiger partial charge in [-0.25, -0.2) is 0 Å². The summed E-state index contributed by atoms with van der Waals surface area (Å²) in [6.45, 7) is 9.94. The molecular formula is C15H24. The average molecular weight is 204 g/mol. The summed E-state index contributed by atoms with van der Waals surface area (Å²) in [4.78, 5) is 0. The molecule has 0 radical (unpaired) electrons. The van der Waals surface area contributed by atoms with E-state index in [0.29, 0.717) is 10.8 Å². The third kappa shape index (κ3) is 0.990. The van der Waals surface area contributed by atoms with E-state index in [2.05, 4.69) is 33.8 Å². The summed E-state index contributed by atoms with van der Waals surface area (Å²) < 4.78 is 0. The topological polar surface area (TPSA) is 0 Å². The Morgan fingerprint density at radius 3 is 2.60 bits per heavy atom. The molecule has 0 nitrogen and oxygen atoms in total. The molecule has 0 saturated heterocycles. The molecule has 0 heteroatoms. The third-order valence-electron chi connectivity index (χ3n) is 6.16. The van der Waals surface area contributed by atoms with Gasteiger partial charge in [0.2, 0.25) is 0 Å². The summed E-state index contributed by atoms with van der Waals surface area (Å²) in [5, 5.41) is 0. The second-order valence-corrected chi connectivity index (χ2v) is 6.94. The van der Waals surface area contributed by atoms with E-state index >= 15 is 0 Å². The van der Waals surface area contributed by atoms with Gasteiger partial charge in [0.05, 0.1) is 0 Å². The van der Waals surface area contributed by atoms with Crippen molar-refractivity contribution in [3.05, 3.63) is 11.6 Å². The molecular weight excluding hydrogens is 180 g/mol. The first-order chi connectivity index (χ1) is 6.98. The van der Waals surface area contributed by atoms with Crippen molar-refractivity contribution in [2.24, 2.45) is 28.6 Å². The minimum Gasteiger partial charge on any atom is -0.0785 e. The molecule has 4 rings (SSSR count). The van der Waals surface area contributed by atoms with E-state index in [4.69, 9.17) is 0 Å². The van der Waals surface area contributed by atoms with Gasteiger partial charge in [-0.15, -0.1) is 0 Å². The molecule has 15 heavy (non-hydrogen) atoms. The van der Waals surface area contributed by atoms with Gasteiger partial charge in [-0.3, -0.25) is 0 Å². The zero-order chi connectivity index (χ0) is 10.8. The molecule has 1 spiro atoms. The smallest absolute Gasteiger partial charge is 0.00562 e. The standard InChI is InChI=1S/C15H24/c1-10-9-15-8-7-12(10)14(3,4)13(15)6-5-11(15)2/h9,11-13H,5-8H2,1-4H3/t11-,12+,13+,15+/m1/s1. The molecule has 2 bridgehead atoms. The molecule has 2 fully saturated rings. The summed E-state index contributed by atoms with van der Waals surface area (Å²) in [5.41, 5.74) is 2.88. The lowest BCUT2D eigenvalue weighted by molar-refractivity contribution is -0.0273. The lowest BCUT2D eigenvalue weighted by Gasteiger charge is -2.58. The van der Waals surface area contributed by atoms with Crippen LogP contribution in [0.25, 0.3) is 0 Å². The first-order valence-electron chi connectivity index (χ1n) is 6.68. The molecule has 0 heterocycles. The van der Waals surface area contributed by atoms with E-state index in [-0.39, 0.29) is 0 Å². The van der Waals surface area contributed by atoms with Crippen LogP contribution < -0.4 is 0 Å². The van der Waals surface area contributed by atoms with E-state index in [9.17, 15) is 0 Å². The van der Waals surface area contributed by atoms with E-state index in [1.165, 1.54) is 25.7 Å². The predicted octanol–water partition coefficient (Wildman–Crippen LogP) is 4.42. The van der Waals surface area contributed by atoms with Crippen LogP contribution in [0.15, 0.2) is 11.6 Å². The van der Waals surface area contributed by atoms with Gasteiger partial charge >= 0.3 is 0 Å². The summed E-state index contributed by atoms with van der Waals surface area (Å²) in [6, 6.07) is 0. The highest BCUT2D eigenvalue weighted by atomic mass is 14.6. The Labute approximate surface area is 94.1 Å². The second-order valence-electron chi connectivity index (χ2n) is 6.94. The molecule has 0 aliphatic heterocycles. The van der Waals surface area contributed by atoms with E-state index in [0.717, 1.165) is 17.8 Å². The quantitative estimate of drug-likeness (QED) is 0.513. The van der Waals surface area contributed by atoms with Crippen LogP contribution in [0.1, 0.15) is 53.4 Å². The van der Waals surface area contributed by atoms with Gasteiger partial charge in [-0.05, 0) is 61.2 Å². The highest BCUT2D eigenvalue weighted by molar-refractivity contribution is 5.28. The molecule has 4 atom stereocenters. The van der Waals surface area contributed by atoms with Crippen molar-refractivity contribution in [1.29, 1.82) is 0 Å². The first-order valence-corrected chi connectivity index (χ1v) is 6.68. The van der Waals surface area contributed by atoms with Crippen LogP contribution in [0.2, 0.25) is 0 Å². The predicted molar refractivity (Wildman–Crippen MR) is 64.6 cm³/mol. The fourth-order valence-corrected chi connectivity index (χ4v) is 5.45. The number of hydrogen-bond acceptors (Lipinski definition) is 0. The number of fused-ring (bicyclic) bond motifs is 1. The van der Waals surface area contributed by atoms with Crippen molar-refractivity contribution < 1.29 is 0 Å². The molecule has 4 aliphatic rings. The minimum atomic E-state index is 0.571. The Hall–Kier alpha value is -0.260. The number of allylic oxidation sites excluding steroid dienone is 2. The monoisotopic (exact) mass is 204 g/mol. The Bertz CT molecular complexity index is 323. The summed E-state index contributed by atoms with van der Waals surface area (Å²) in [5.74, 6) is 2.79. The summed E-state index contributed by atoms with van der Waals surface area (Å²) >= 11 is 0. The molecule has 0 aromatic heterocycles. The van der Waals surface area contributed by atoms with Gasteiger partial charge in [0.25, 0.3) is 0 Å². The second kappa shape index (κ2) is 2.70. The maximum atomic E-state index is 2.69. The Morgan fingerprint density at radius 2 is 1.93 bits per heavy atom. The van der Waals surface area contributed by atoms with Crippen molar-refractivity contribution in [3.8, 4) is 0 Å². The summed E-state index contributed by atoms with van der Waals surface area (Å²) in [7, 11) is 0. The third-order valence-corrected chi connectivity index (χ3v) is 6.16. The fraction of sp³-hybridized carbons (Fsp3) is 0.867. The molecule has 0 unspecified atom stereocenters. The fourth-order valence-electron chi connectivity index (χ4n) is 5.45. The Morgan fingerprint density at radius 1 is 1.20 bits per heavy atom.